The fourth-order valence-corrected chi connectivity index (χ4v) is 3.42. The third-order valence-electron chi connectivity index (χ3n) is 4.58. The molecule has 1 unspecified atom stereocenters. The van der Waals surface area contributed by atoms with E-state index in [-0.39, 0.29) is 24.4 Å². The number of carbonyl (C=O) groups excluding carboxylic acids is 2. The van der Waals surface area contributed by atoms with Crippen molar-refractivity contribution >= 4 is 11.9 Å². The van der Waals surface area contributed by atoms with E-state index in [1.807, 2.05) is 44.2 Å². The number of hydrogen-bond donors (Lipinski definition) is 1. The zero-order chi connectivity index (χ0) is 18.7. The molecular weight excluding hydrogens is 326 g/mol. The first-order valence-corrected chi connectivity index (χ1v) is 8.65. The largest absolute Gasteiger partial charge is 0.325 e. The van der Waals surface area contributed by atoms with E-state index in [0.29, 0.717) is 12.0 Å². The van der Waals surface area contributed by atoms with Crippen molar-refractivity contribution in [2.24, 2.45) is 5.92 Å². The number of nitriles is 1. The summed E-state index contributed by atoms with van der Waals surface area (Å²) in [5.41, 5.74) is 1.12. The van der Waals surface area contributed by atoms with Crippen LogP contribution in [0.25, 0.3) is 0 Å². The molecule has 0 spiro atoms. The predicted molar refractivity (Wildman–Crippen MR) is 97.8 cm³/mol. The van der Waals surface area contributed by atoms with Crippen LogP contribution >= 0.6 is 0 Å². The molecule has 0 radical (unpaired) electrons. The minimum absolute atomic E-state index is 0.184. The maximum Gasteiger partial charge on any atom is 0.325 e. The molecule has 5 heteroatoms. The predicted octanol–water partition coefficient (Wildman–Crippen LogP) is 3.55. The van der Waals surface area contributed by atoms with Crippen molar-refractivity contribution in [2.45, 2.75) is 32.4 Å². The molecule has 0 saturated carbocycles. The molecule has 1 saturated heterocycles. The van der Waals surface area contributed by atoms with Gasteiger partial charge in [0.2, 0.25) is 0 Å². The zero-order valence-electron chi connectivity index (χ0n) is 14.9. The summed E-state index contributed by atoms with van der Waals surface area (Å²) in [7, 11) is 0. The minimum Gasteiger partial charge on any atom is -0.319 e. The molecule has 0 aliphatic carbocycles. The fraction of sp³-hybridized carbons (Fsp3) is 0.286. The zero-order valence-corrected chi connectivity index (χ0v) is 14.9. The molecule has 132 valence electrons. The van der Waals surface area contributed by atoms with Gasteiger partial charge in [0, 0.05) is 0 Å². The fourth-order valence-electron chi connectivity index (χ4n) is 3.42. The maximum absolute atomic E-state index is 13.3. The second-order valence-corrected chi connectivity index (χ2v) is 7.00. The van der Waals surface area contributed by atoms with Crippen LogP contribution in [0.15, 0.2) is 54.6 Å². The summed E-state index contributed by atoms with van der Waals surface area (Å²) >= 11 is 0. The van der Waals surface area contributed by atoms with Gasteiger partial charge >= 0.3 is 6.03 Å². The summed E-state index contributed by atoms with van der Waals surface area (Å²) in [4.78, 5) is 27.2. The smallest absolute Gasteiger partial charge is 0.319 e. The number of carbonyl (C=O) groups is 2. The van der Waals surface area contributed by atoms with Crippen LogP contribution in [0.2, 0.25) is 0 Å². The quantitative estimate of drug-likeness (QED) is 0.841. The molecule has 2 aromatic carbocycles. The van der Waals surface area contributed by atoms with Crippen molar-refractivity contribution in [2.75, 3.05) is 0 Å². The number of nitrogens with zero attached hydrogens (tertiary/aromatic N) is 2. The van der Waals surface area contributed by atoms with Crippen LogP contribution in [-0.4, -0.2) is 16.8 Å². The van der Waals surface area contributed by atoms with E-state index in [1.54, 1.807) is 24.3 Å². The van der Waals surface area contributed by atoms with Gasteiger partial charge in [-0.1, -0.05) is 56.3 Å². The van der Waals surface area contributed by atoms with Gasteiger partial charge in [-0.2, -0.15) is 5.26 Å². The lowest BCUT2D eigenvalue weighted by Gasteiger charge is -2.29. The van der Waals surface area contributed by atoms with E-state index < -0.39 is 5.54 Å². The highest BCUT2D eigenvalue weighted by Crippen LogP contribution is 2.35. The first-order valence-electron chi connectivity index (χ1n) is 8.65. The third kappa shape index (κ3) is 3.18. The Balaban J connectivity index is 1.93. The molecule has 1 aliphatic heterocycles. The number of benzene rings is 2. The van der Waals surface area contributed by atoms with Gasteiger partial charge in [0.1, 0.15) is 5.54 Å². The molecule has 2 aromatic rings. The van der Waals surface area contributed by atoms with Crippen LogP contribution in [-0.2, 0) is 16.9 Å². The van der Waals surface area contributed by atoms with Gasteiger partial charge in [0.15, 0.2) is 0 Å². The van der Waals surface area contributed by atoms with E-state index in [9.17, 15) is 9.59 Å². The van der Waals surface area contributed by atoms with Crippen molar-refractivity contribution in [1.29, 1.82) is 5.26 Å². The SMILES string of the molecule is CC(C)CC1(c2ccccc2)NC(=O)N(Cc2ccc(C#N)cc2)C1=O. The van der Waals surface area contributed by atoms with Crippen molar-refractivity contribution in [3.63, 3.8) is 0 Å². The monoisotopic (exact) mass is 347 g/mol. The normalized spacial score (nSPS) is 19.5. The Labute approximate surface area is 153 Å². The van der Waals surface area contributed by atoms with E-state index >= 15 is 0 Å². The molecule has 0 aromatic heterocycles. The topological polar surface area (TPSA) is 73.2 Å². The molecule has 1 N–H and O–H groups in total. The second kappa shape index (κ2) is 7.01. The van der Waals surface area contributed by atoms with Crippen LogP contribution in [0.5, 0.6) is 0 Å². The van der Waals surface area contributed by atoms with Gasteiger partial charge in [-0.3, -0.25) is 9.69 Å². The lowest BCUT2D eigenvalue weighted by molar-refractivity contribution is -0.132. The van der Waals surface area contributed by atoms with Crippen LogP contribution in [0, 0.1) is 17.2 Å². The molecule has 1 fully saturated rings. The Hall–Kier alpha value is -3.13. The molecule has 3 amide bonds. The molecule has 5 nitrogen and oxygen atoms in total. The molecule has 1 aliphatic rings. The van der Waals surface area contributed by atoms with Gasteiger partial charge in [-0.15, -0.1) is 0 Å². The number of hydrogen-bond acceptors (Lipinski definition) is 3. The average Bonchev–Trinajstić information content (AvgIpc) is 2.87. The molecule has 26 heavy (non-hydrogen) atoms. The number of imide groups is 1. The highest BCUT2D eigenvalue weighted by molar-refractivity contribution is 6.07. The van der Waals surface area contributed by atoms with Gasteiger partial charge < -0.3 is 5.32 Å². The Morgan fingerprint density at radius 3 is 2.31 bits per heavy atom. The first-order chi connectivity index (χ1) is 12.5. The molecule has 0 bridgehead atoms. The van der Waals surface area contributed by atoms with Crippen LogP contribution in [0.3, 0.4) is 0 Å². The van der Waals surface area contributed by atoms with Gasteiger partial charge in [0.25, 0.3) is 5.91 Å². The summed E-state index contributed by atoms with van der Waals surface area (Å²) in [5, 5.41) is 11.8. The summed E-state index contributed by atoms with van der Waals surface area (Å²) in [6.07, 6.45) is 0.533. The van der Waals surface area contributed by atoms with Crippen LogP contribution in [0.4, 0.5) is 4.79 Å². The maximum atomic E-state index is 13.3. The highest BCUT2D eigenvalue weighted by Gasteiger charge is 2.52. The minimum atomic E-state index is -1.03. The molecule has 1 heterocycles. The van der Waals surface area contributed by atoms with E-state index in [2.05, 4.69) is 11.4 Å². The lowest BCUT2D eigenvalue weighted by Crippen LogP contribution is -2.45. The van der Waals surface area contributed by atoms with Gasteiger partial charge in [-0.25, -0.2) is 4.79 Å². The third-order valence-corrected chi connectivity index (χ3v) is 4.58. The molecular formula is C21H21N3O2. The summed E-state index contributed by atoms with van der Waals surface area (Å²) in [5.74, 6) is 0.000998. The number of urea groups is 1. The molecule has 3 rings (SSSR count). The Bertz CT molecular complexity index is 853. The summed E-state index contributed by atoms with van der Waals surface area (Å²) in [6.45, 7) is 4.25. The second-order valence-electron chi connectivity index (χ2n) is 7.00. The highest BCUT2D eigenvalue weighted by atomic mass is 16.2. The lowest BCUT2D eigenvalue weighted by atomic mass is 9.82. The van der Waals surface area contributed by atoms with Crippen LogP contribution in [0.1, 0.15) is 37.0 Å². The molecule has 1 atom stereocenters. The number of rotatable bonds is 5. The van der Waals surface area contributed by atoms with E-state index in [0.717, 1.165) is 11.1 Å². The van der Waals surface area contributed by atoms with Gasteiger partial charge in [-0.05, 0) is 35.6 Å². The van der Waals surface area contributed by atoms with Crippen LogP contribution < -0.4 is 5.32 Å². The number of amides is 3. The standard InChI is InChI=1S/C21H21N3O2/c1-15(2)12-21(18-6-4-3-5-7-18)19(25)24(20(26)23-21)14-17-10-8-16(13-22)9-11-17/h3-11,15H,12,14H2,1-2H3,(H,23,26). The van der Waals surface area contributed by atoms with Crippen molar-refractivity contribution in [1.82, 2.24) is 10.2 Å². The number of nitrogens with one attached hydrogen (secondary N) is 1. The summed E-state index contributed by atoms with van der Waals surface area (Å²) in [6, 6.07) is 18.0. The Morgan fingerprint density at radius 2 is 1.73 bits per heavy atom. The van der Waals surface area contributed by atoms with Gasteiger partial charge in [0.05, 0.1) is 18.2 Å². The van der Waals surface area contributed by atoms with E-state index in [4.69, 9.17) is 5.26 Å². The van der Waals surface area contributed by atoms with Crippen molar-refractivity contribution in [3.8, 4) is 6.07 Å². The van der Waals surface area contributed by atoms with Crippen molar-refractivity contribution < 1.29 is 9.59 Å². The first kappa shape index (κ1) is 17.7. The summed E-state index contributed by atoms with van der Waals surface area (Å²) < 4.78 is 0. The van der Waals surface area contributed by atoms with Crippen molar-refractivity contribution in [3.05, 3.63) is 71.3 Å². The Kier molecular flexibility index (Phi) is 4.77. The Morgan fingerprint density at radius 1 is 1.08 bits per heavy atom. The average molecular weight is 347 g/mol. The van der Waals surface area contributed by atoms with E-state index in [1.165, 1.54) is 4.90 Å².